The van der Waals surface area contributed by atoms with Gasteiger partial charge in [-0.15, -0.1) is 0 Å². The first-order valence-electron chi connectivity index (χ1n) is 6.91. The Bertz CT molecular complexity index is 509. The van der Waals surface area contributed by atoms with Gasteiger partial charge in [0.1, 0.15) is 9.84 Å². The molecule has 0 aromatic heterocycles. The maximum absolute atomic E-state index is 12.2. The number of aliphatic hydroxyl groups excluding tert-OH is 1. The Hall–Kier alpha value is -0.220. The van der Waals surface area contributed by atoms with Crippen molar-refractivity contribution in [2.45, 2.75) is 31.7 Å². The molecule has 0 bridgehead atoms. The van der Waals surface area contributed by atoms with E-state index in [0.29, 0.717) is 38.8 Å². The van der Waals surface area contributed by atoms with Gasteiger partial charge in [-0.1, -0.05) is 0 Å². The number of nitrogens with one attached hydrogen (secondary N) is 1. The van der Waals surface area contributed by atoms with Crippen LogP contribution in [0.15, 0.2) is 0 Å². The Morgan fingerprint density at radius 2 is 1.65 bits per heavy atom. The molecule has 9 heteroatoms. The van der Waals surface area contributed by atoms with Gasteiger partial charge in [0.2, 0.25) is 0 Å². The molecule has 0 aromatic rings. The van der Waals surface area contributed by atoms with Crippen molar-refractivity contribution in [2.24, 2.45) is 5.92 Å². The van der Waals surface area contributed by atoms with Crippen LogP contribution in [0, 0.1) is 5.92 Å². The lowest BCUT2D eigenvalue weighted by atomic mass is 10.00. The van der Waals surface area contributed by atoms with E-state index in [-0.39, 0.29) is 30.1 Å². The highest BCUT2D eigenvalue weighted by Gasteiger charge is 2.32. The summed E-state index contributed by atoms with van der Waals surface area (Å²) in [4.78, 5) is 0. The summed E-state index contributed by atoms with van der Waals surface area (Å²) in [5, 5.41) is 9.05. The van der Waals surface area contributed by atoms with Crippen molar-refractivity contribution in [3.8, 4) is 0 Å². The lowest BCUT2D eigenvalue weighted by Crippen LogP contribution is -2.50. The SMILES string of the molecule is O=S1(=O)CCC(NS(=O)(=O)N2CCC(CO)CC2)CC1. The second kappa shape index (κ2) is 6.27. The summed E-state index contributed by atoms with van der Waals surface area (Å²) in [7, 11) is -6.53. The minimum absolute atomic E-state index is 0.0484. The zero-order valence-electron chi connectivity index (χ0n) is 11.4. The number of aliphatic hydroxyl groups is 1. The van der Waals surface area contributed by atoms with Crippen molar-refractivity contribution in [3.05, 3.63) is 0 Å². The second-order valence-electron chi connectivity index (χ2n) is 5.57. The molecule has 0 unspecified atom stereocenters. The van der Waals surface area contributed by atoms with E-state index in [4.69, 9.17) is 5.11 Å². The Kier molecular flexibility index (Phi) is 5.06. The zero-order chi connectivity index (χ0) is 14.8. The highest BCUT2D eigenvalue weighted by atomic mass is 32.2. The summed E-state index contributed by atoms with van der Waals surface area (Å²) in [6.45, 7) is 0.916. The molecule has 2 saturated heterocycles. The number of nitrogens with zero attached hydrogens (tertiary/aromatic N) is 1. The van der Waals surface area contributed by atoms with Gasteiger partial charge in [-0.25, -0.2) is 8.42 Å². The van der Waals surface area contributed by atoms with E-state index < -0.39 is 20.0 Å². The van der Waals surface area contributed by atoms with Crippen LogP contribution in [0.3, 0.4) is 0 Å². The number of hydrogen-bond donors (Lipinski definition) is 2. The van der Waals surface area contributed by atoms with Crippen molar-refractivity contribution in [1.82, 2.24) is 9.03 Å². The molecule has 2 fully saturated rings. The molecule has 0 amide bonds. The molecule has 20 heavy (non-hydrogen) atoms. The molecule has 2 N–H and O–H groups in total. The van der Waals surface area contributed by atoms with Crippen molar-refractivity contribution in [1.29, 1.82) is 0 Å². The fourth-order valence-electron chi connectivity index (χ4n) is 2.63. The average Bonchev–Trinajstić information content (AvgIpc) is 2.41. The normalized spacial score (nSPS) is 26.6. The third-order valence-electron chi connectivity index (χ3n) is 4.04. The van der Waals surface area contributed by atoms with Crippen LogP contribution in [0.25, 0.3) is 0 Å². The molecule has 0 aliphatic carbocycles. The number of sulfone groups is 1. The zero-order valence-corrected chi connectivity index (χ0v) is 13.0. The third kappa shape index (κ3) is 4.14. The van der Waals surface area contributed by atoms with Gasteiger partial charge in [0, 0.05) is 25.7 Å². The van der Waals surface area contributed by atoms with E-state index in [9.17, 15) is 16.8 Å². The Balaban J connectivity index is 1.89. The Morgan fingerprint density at radius 3 is 2.15 bits per heavy atom. The van der Waals surface area contributed by atoms with Gasteiger partial charge in [0.05, 0.1) is 11.5 Å². The predicted molar refractivity (Wildman–Crippen MR) is 75.1 cm³/mol. The molecule has 2 heterocycles. The Labute approximate surface area is 120 Å². The summed E-state index contributed by atoms with van der Waals surface area (Å²) in [5.74, 6) is 0.279. The molecule has 2 aliphatic rings. The van der Waals surface area contributed by atoms with Gasteiger partial charge in [-0.2, -0.15) is 17.4 Å². The summed E-state index contributed by atoms with van der Waals surface area (Å²) >= 11 is 0. The van der Waals surface area contributed by atoms with E-state index in [0.717, 1.165) is 0 Å². The first kappa shape index (κ1) is 16.2. The van der Waals surface area contributed by atoms with Crippen LogP contribution >= 0.6 is 0 Å². The van der Waals surface area contributed by atoms with Crippen molar-refractivity contribution in [2.75, 3.05) is 31.2 Å². The molecule has 0 aromatic carbocycles. The van der Waals surface area contributed by atoms with Gasteiger partial charge < -0.3 is 5.11 Å². The Morgan fingerprint density at radius 1 is 1.10 bits per heavy atom. The van der Waals surface area contributed by atoms with E-state index in [1.807, 2.05) is 0 Å². The van der Waals surface area contributed by atoms with Crippen molar-refractivity contribution >= 4 is 20.0 Å². The molecule has 2 rings (SSSR count). The number of rotatable bonds is 4. The molecule has 7 nitrogen and oxygen atoms in total. The maximum Gasteiger partial charge on any atom is 0.279 e. The van der Waals surface area contributed by atoms with Crippen LogP contribution in [-0.2, 0) is 20.0 Å². The van der Waals surface area contributed by atoms with E-state index in [1.54, 1.807) is 0 Å². The summed E-state index contributed by atoms with van der Waals surface area (Å²) in [5.41, 5.74) is 0. The van der Waals surface area contributed by atoms with Crippen LogP contribution in [0.1, 0.15) is 25.7 Å². The van der Waals surface area contributed by atoms with Crippen LogP contribution in [0.5, 0.6) is 0 Å². The third-order valence-corrected chi connectivity index (χ3v) is 7.43. The van der Waals surface area contributed by atoms with Gasteiger partial charge in [-0.05, 0) is 31.6 Å². The van der Waals surface area contributed by atoms with E-state index >= 15 is 0 Å². The highest BCUT2D eigenvalue weighted by molar-refractivity contribution is 7.91. The predicted octanol–water partition coefficient (Wildman–Crippen LogP) is -0.898. The highest BCUT2D eigenvalue weighted by Crippen LogP contribution is 2.20. The molecule has 0 spiro atoms. The molecule has 0 saturated carbocycles. The largest absolute Gasteiger partial charge is 0.396 e. The van der Waals surface area contributed by atoms with E-state index in [2.05, 4.69) is 4.72 Å². The fraction of sp³-hybridized carbons (Fsp3) is 1.00. The number of hydrogen-bond acceptors (Lipinski definition) is 5. The van der Waals surface area contributed by atoms with Crippen molar-refractivity contribution in [3.63, 3.8) is 0 Å². The topological polar surface area (TPSA) is 104 Å². The quantitative estimate of drug-likeness (QED) is 0.697. The monoisotopic (exact) mass is 326 g/mol. The maximum atomic E-state index is 12.2. The average molecular weight is 326 g/mol. The lowest BCUT2D eigenvalue weighted by molar-refractivity contribution is 0.169. The van der Waals surface area contributed by atoms with Crippen LogP contribution in [0.2, 0.25) is 0 Å². The molecular weight excluding hydrogens is 304 g/mol. The molecule has 0 atom stereocenters. The molecular formula is C11H22N2O5S2. The lowest BCUT2D eigenvalue weighted by Gasteiger charge is -2.32. The van der Waals surface area contributed by atoms with Gasteiger partial charge >= 0.3 is 0 Å². The first-order valence-corrected chi connectivity index (χ1v) is 10.2. The molecule has 118 valence electrons. The number of piperidine rings is 1. The van der Waals surface area contributed by atoms with Crippen molar-refractivity contribution < 1.29 is 21.9 Å². The summed E-state index contributed by atoms with van der Waals surface area (Å²) < 4.78 is 51.1. The van der Waals surface area contributed by atoms with Gasteiger partial charge in [0.25, 0.3) is 10.2 Å². The van der Waals surface area contributed by atoms with E-state index in [1.165, 1.54) is 4.31 Å². The molecule has 0 radical (unpaired) electrons. The smallest absolute Gasteiger partial charge is 0.279 e. The first-order chi connectivity index (χ1) is 9.32. The fourth-order valence-corrected chi connectivity index (χ4v) is 5.61. The minimum Gasteiger partial charge on any atom is -0.396 e. The summed E-state index contributed by atoms with van der Waals surface area (Å²) in [6.07, 6.45) is 2.01. The minimum atomic E-state index is -3.55. The van der Waals surface area contributed by atoms with Gasteiger partial charge in [0.15, 0.2) is 0 Å². The van der Waals surface area contributed by atoms with Crippen LogP contribution < -0.4 is 4.72 Å². The standard InChI is InChI=1S/C11H22N2O5S2/c14-9-10-1-5-13(6-2-10)20(17,18)12-11-3-7-19(15,16)8-4-11/h10-12,14H,1-9H2. The molecule has 2 aliphatic heterocycles. The van der Waals surface area contributed by atoms with Crippen LogP contribution in [0.4, 0.5) is 0 Å². The second-order valence-corrected chi connectivity index (χ2v) is 9.58. The van der Waals surface area contributed by atoms with Crippen LogP contribution in [-0.4, -0.2) is 63.5 Å². The van der Waals surface area contributed by atoms with Gasteiger partial charge in [-0.3, -0.25) is 0 Å². The summed E-state index contributed by atoms with van der Waals surface area (Å²) in [6, 6.07) is -0.293.